The van der Waals surface area contributed by atoms with Crippen molar-refractivity contribution in [1.29, 1.82) is 0 Å². The minimum absolute atomic E-state index is 0.0446. The van der Waals surface area contributed by atoms with Crippen LogP contribution in [0.15, 0.2) is 54.9 Å². The summed E-state index contributed by atoms with van der Waals surface area (Å²) < 4.78 is 40.0. The van der Waals surface area contributed by atoms with Gasteiger partial charge in [0.15, 0.2) is 11.5 Å². The van der Waals surface area contributed by atoms with Crippen LogP contribution in [0, 0.1) is 5.92 Å². The van der Waals surface area contributed by atoms with Gasteiger partial charge in [-0.1, -0.05) is 26.0 Å². The monoisotopic (exact) mass is 429 g/mol. The van der Waals surface area contributed by atoms with Crippen LogP contribution >= 0.6 is 0 Å². The van der Waals surface area contributed by atoms with E-state index in [2.05, 4.69) is 25.6 Å². The van der Waals surface area contributed by atoms with Crippen LogP contribution in [-0.2, 0) is 17.5 Å². The summed E-state index contributed by atoms with van der Waals surface area (Å²) in [6.45, 7) is 3.99. The molecule has 1 unspecified atom stereocenters. The molecule has 31 heavy (non-hydrogen) atoms. The van der Waals surface area contributed by atoms with Crippen LogP contribution < -0.4 is 10.6 Å². The Kier molecular flexibility index (Phi) is 6.84. The minimum Gasteiger partial charge on any atom is -0.366 e. The summed E-state index contributed by atoms with van der Waals surface area (Å²) in [6.07, 6.45) is -0.958. The summed E-state index contributed by atoms with van der Waals surface area (Å²) >= 11 is 0. The van der Waals surface area contributed by atoms with Gasteiger partial charge in [-0.2, -0.15) is 13.2 Å². The van der Waals surface area contributed by atoms with Gasteiger partial charge in [-0.25, -0.2) is 9.97 Å². The van der Waals surface area contributed by atoms with Gasteiger partial charge in [-0.05, 0) is 36.2 Å². The van der Waals surface area contributed by atoms with E-state index in [0.29, 0.717) is 11.3 Å². The zero-order valence-electron chi connectivity index (χ0n) is 17.1. The van der Waals surface area contributed by atoms with Crippen molar-refractivity contribution in [2.45, 2.75) is 33.0 Å². The van der Waals surface area contributed by atoms with Crippen LogP contribution in [0.3, 0.4) is 0 Å². The highest BCUT2D eigenvalue weighted by Crippen LogP contribution is 2.30. The van der Waals surface area contributed by atoms with Gasteiger partial charge in [0, 0.05) is 42.2 Å². The summed E-state index contributed by atoms with van der Waals surface area (Å²) in [5, 5.41) is 5.76. The second-order valence-corrected chi connectivity index (χ2v) is 7.05. The normalized spacial score (nSPS) is 12.3. The van der Waals surface area contributed by atoms with E-state index in [1.54, 1.807) is 30.3 Å². The molecule has 0 saturated carbocycles. The number of anilines is 2. The molecule has 2 heterocycles. The van der Waals surface area contributed by atoms with Gasteiger partial charge in [0.2, 0.25) is 5.91 Å². The number of benzene rings is 1. The van der Waals surface area contributed by atoms with Crippen LogP contribution in [0.25, 0.3) is 11.4 Å². The lowest BCUT2D eigenvalue weighted by Gasteiger charge is -2.13. The van der Waals surface area contributed by atoms with E-state index in [4.69, 9.17) is 0 Å². The maximum absolute atomic E-state index is 13.3. The molecule has 0 aliphatic rings. The highest BCUT2D eigenvalue weighted by Gasteiger charge is 2.33. The number of aromatic nitrogens is 3. The average Bonchev–Trinajstić information content (AvgIpc) is 2.77. The van der Waals surface area contributed by atoms with E-state index in [-0.39, 0.29) is 30.0 Å². The third kappa shape index (κ3) is 6.00. The molecular formula is C22H22F3N5O. The fraction of sp³-hybridized carbons (Fsp3) is 0.273. The molecule has 2 aromatic heterocycles. The molecule has 3 rings (SSSR count). The fourth-order valence-electron chi connectivity index (χ4n) is 2.72. The Morgan fingerprint density at radius 1 is 1.10 bits per heavy atom. The molecule has 1 atom stereocenters. The number of hydrogen-bond donors (Lipinski definition) is 2. The lowest BCUT2D eigenvalue weighted by Crippen LogP contribution is -2.19. The largest absolute Gasteiger partial charge is 0.433 e. The van der Waals surface area contributed by atoms with Gasteiger partial charge >= 0.3 is 6.18 Å². The van der Waals surface area contributed by atoms with Crippen molar-refractivity contribution in [2.24, 2.45) is 5.92 Å². The zero-order valence-corrected chi connectivity index (χ0v) is 17.1. The predicted molar refractivity (Wildman–Crippen MR) is 112 cm³/mol. The van der Waals surface area contributed by atoms with Crippen molar-refractivity contribution >= 4 is 17.4 Å². The summed E-state index contributed by atoms with van der Waals surface area (Å²) in [6, 6.07) is 11.1. The topological polar surface area (TPSA) is 79.8 Å². The summed E-state index contributed by atoms with van der Waals surface area (Å²) in [4.78, 5) is 23.8. The maximum Gasteiger partial charge on any atom is 0.433 e. The number of carbonyl (C=O) groups excluding carboxylic acids is 1. The summed E-state index contributed by atoms with van der Waals surface area (Å²) in [7, 11) is 0. The lowest BCUT2D eigenvalue weighted by atomic mass is 10.1. The number of nitrogens with one attached hydrogen (secondary N) is 2. The summed E-state index contributed by atoms with van der Waals surface area (Å²) in [5.41, 5.74) is 0.797. The first-order valence-corrected chi connectivity index (χ1v) is 9.76. The van der Waals surface area contributed by atoms with Crippen LogP contribution in [0.2, 0.25) is 0 Å². The number of amides is 1. The van der Waals surface area contributed by atoms with Crippen LogP contribution in [0.5, 0.6) is 0 Å². The first-order valence-electron chi connectivity index (χ1n) is 9.76. The third-order valence-electron chi connectivity index (χ3n) is 4.68. The molecule has 0 aliphatic carbocycles. The number of nitrogens with zero attached hydrogens (tertiary/aromatic N) is 3. The van der Waals surface area contributed by atoms with Gasteiger partial charge in [-0.3, -0.25) is 9.78 Å². The van der Waals surface area contributed by atoms with Gasteiger partial charge in [0.1, 0.15) is 5.82 Å². The van der Waals surface area contributed by atoms with E-state index in [1.807, 2.05) is 19.9 Å². The molecule has 2 N–H and O–H groups in total. The quantitative estimate of drug-likeness (QED) is 0.543. The molecule has 6 nitrogen and oxygen atoms in total. The Morgan fingerprint density at radius 3 is 2.52 bits per heavy atom. The Bertz CT molecular complexity index is 1040. The fourth-order valence-corrected chi connectivity index (χ4v) is 2.72. The Morgan fingerprint density at radius 2 is 1.84 bits per heavy atom. The van der Waals surface area contributed by atoms with Gasteiger partial charge in [0.25, 0.3) is 0 Å². The van der Waals surface area contributed by atoms with Gasteiger partial charge in [-0.15, -0.1) is 0 Å². The maximum atomic E-state index is 13.3. The highest BCUT2D eigenvalue weighted by molar-refractivity contribution is 5.92. The van der Waals surface area contributed by atoms with Crippen molar-refractivity contribution in [3.05, 3.63) is 66.1 Å². The number of alkyl halides is 3. The molecule has 9 heteroatoms. The molecule has 0 spiro atoms. The number of carbonyl (C=O) groups is 1. The molecule has 0 radical (unpaired) electrons. The molecule has 0 fully saturated rings. The average molecular weight is 429 g/mol. The molecule has 0 bridgehead atoms. The second kappa shape index (κ2) is 9.55. The smallest absolute Gasteiger partial charge is 0.366 e. The minimum atomic E-state index is -4.61. The lowest BCUT2D eigenvalue weighted by molar-refractivity contribution is -0.141. The zero-order chi connectivity index (χ0) is 22.4. The number of hydrogen-bond acceptors (Lipinski definition) is 5. The molecule has 1 amide bonds. The first kappa shape index (κ1) is 22.2. The van der Waals surface area contributed by atoms with E-state index < -0.39 is 11.9 Å². The number of pyridine rings is 1. The molecule has 3 aromatic rings. The van der Waals surface area contributed by atoms with Crippen molar-refractivity contribution in [3.8, 4) is 11.4 Å². The van der Waals surface area contributed by atoms with Crippen molar-refractivity contribution < 1.29 is 18.0 Å². The molecule has 0 aliphatic heterocycles. The first-order chi connectivity index (χ1) is 14.8. The predicted octanol–water partition coefficient (Wildman–Crippen LogP) is 5.15. The molecular weight excluding hydrogens is 407 g/mol. The van der Waals surface area contributed by atoms with E-state index in [9.17, 15) is 18.0 Å². The van der Waals surface area contributed by atoms with Gasteiger partial charge < -0.3 is 10.6 Å². The van der Waals surface area contributed by atoms with Crippen LogP contribution in [0.1, 0.15) is 31.5 Å². The van der Waals surface area contributed by atoms with Crippen molar-refractivity contribution in [2.75, 3.05) is 10.6 Å². The Labute approximate surface area is 178 Å². The Balaban J connectivity index is 1.80. The summed E-state index contributed by atoms with van der Waals surface area (Å²) in [5.74, 6) is -0.201. The third-order valence-corrected chi connectivity index (χ3v) is 4.68. The van der Waals surface area contributed by atoms with E-state index >= 15 is 0 Å². The number of rotatable bonds is 7. The van der Waals surface area contributed by atoms with Crippen molar-refractivity contribution in [1.82, 2.24) is 15.0 Å². The number of halogens is 3. The standard InChI is InChI=1S/C22H22F3N5O/c1-3-14(2)21(31)28-17-6-4-5-15(11-17)13-27-19-12-18(22(23,24)25)29-20(30-19)16-7-9-26-10-8-16/h4-12,14H,3,13H2,1-2H3,(H,28,31)(H,27,29,30). The SMILES string of the molecule is CCC(C)C(=O)Nc1cccc(CNc2cc(C(F)(F)F)nc(-c3ccncc3)n2)c1. The van der Waals surface area contributed by atoms with E-state index in [0.717, 1.165) is 18.1 Å². The van der Waals surface area contributed by atoms with E-state index in [1.165, 1.54) is 12.4 Å². The molecule has 162 valence electrons. The second-order valence-electron chi connectivity index (χ2n) is 7.05. The van der Waals surface area contributed by atoms with Crippen LogP contribution in [0.4, 0.5) is 24.7 Å². The van der Waals surface area contributed by atoms with Crippen molar-refractivity contribution in [3.63, 3.8) is 0 Å². The molecule has 0 saturated heterocycles. The molecule has 1 aromatic carbocycles. The van der Waals surface area contributed by atoms with Gasteiger partial charge in [0.05, 0.1) is 0 Å². The highest BCUT2D eigenvalue weighted by atomic mass is 19.4. The Hall–Kier alpha value is -3.49. The van der Waals surface area contributed by atoms with Crippen LogP contribution in [-0.4, -0.2) is 20.9 Å².